The summed E-state index contributed by atoms with van der Waals surface area (Å²) in [5.74, 6) is -0.322. The molecule has 0 heterocycles. The van der Waals surface area contributed by atoms with Gasteiger partial charge >= 0.3 is 5.97 Å². The molecule has 0 spiro atoms. The van der Waals surface area contributed by atoms with Crippen LogP contribution < -0.4 is 5.32 Å². The van der Waals surface area contributed by atoms with Crippen molar-refractivity contribution < 1.29 is 9.53 Å². The maximum atomic E-state index is 11.7. The van der Waals surface area contributed by atoms with Crippen molar-refractivity contribution in [1.29, 1.82) is 0 Å². The van der Waals surface area contributed by atoms with E-state index in [-0.39, 0.29) is 5.97 Å². The molecule has 0 saturated carbocycles. The fourth-order valence-corrected chi connectivity index (χ4v) is 2.19. The highest BCUT2D eigenvalue weighted by atomic mass is 16.5. The third-order valence-electron chi connectivity index (χ3n) is 3.30. The van der Waals surface area contributed by atoms with Crippen LogP contribution >= 0.6 is 0 Å². The molecule has 0 aliphatic carbocycles. The van der Waals surface area contributed by atoms with Crippen LogP contribution in [0.1, 0.15) is 28.4 Å². The van der Waals surface area contributed by atoms with Crippen LogP contribution in [0, 0.1) is 0 Å². The molecule has 0 atom stereocenters. The molecule has 20 heavy (non-hydrogen) atoms. The predicted octanol–water partition coefficient (Wildman–Crippen LogP) is 3.65. The zero-order valence-corrected chi connectivity index (χ0v) is 11.8. The Morgan fingerprint density at radius 1 is 1.05 bits per heavy atom. The summed E-state index contributed by atoms with van der Waals surface area (Å²) in [6.45, 7) is 2.83. The Hall–Kier alpha value is -2.29. The summed E-state index contributed by atoms with van der Waals surface area (Å²) in [7, 11) is 1.39. The maximum absolute atomic E-state index is 11.7. The number of benzene rings is 2. The highest BCUT2D eigenvalue weighted by Crippen LogP contribution is 2.18. The summed E-state index contributed by atoms with van der Waals surface area (Å²) in [6.07, 6.45) is 0.997. The van der Waals surface area contributed by atoms with E-state index in [0.717, 1.165) is 12.1 Å². The van der Waals surface area contributed by atoms with E-state index in [4.69, 9.17) is 4.74 Å². The van der Waals surface area contributed by atoms with Crippen molar-refractivity contribution in [3.63, 3.8) is 0 Å². The lowest BCUT2D eigenvalue weighted by atomic mass is 10.1. The fourth-order valence-electron chi connectivity index (χ4n) is 2.19. The highest BCUT2D eigenvalue weighted by molar-refractivity contribution is 5.95. The minimum absolute atomic E-state index is 0.322. The van der Waals surface area contributed by atoms with E-state index >= 15 is 0 Å². The second kappa shape index (κ2) is 6.75. The Labute approximate surface area is 119 Å². The van der Waals surface area contributed by atoms with Crippen LogP contribution in [0.15, 0.2) is 48.5 Å². The molecular formula is C17H19NO2. The SMILES string of the molecule is CCc1ccccc1CNc1ccccc1C(=O)OC. The molecule has 2 aromatic carbocycles. The van der Waals surface area contributed by atoms with Crippen LogP contribution in [0.4, 0.5) is 5.69 Å². The summed E-state index contributed by atoms with van der Waals surface area (Å²) >= 11 is 0. The van der Waals surface area contributed by atoms with E-state index in [9.17, 15) is 4.79 Å². The number of carbonyl (C=O) groups excluding carboxylic acids is 1. The summed E-state index contributed by atoms with van der Waals surface area (Å²) < 4.78 is 4.79. The second-order valence-corrected chi connectivity index (χ2v) is 4.51. The van der Waals surface area contributed by atoms with Crippen LogP contribution in [0.3, 0.4) is 0 Å². The molecule has 0 aliphatic heterocycles. The molecule has 0 unspecified atom stereocenters. The van der Waals surface area contributed by atoms with Gasteiger partial charge in [-0.2, -0.15) is 0 Å². The highest BCUT2D eigenvalue weighted by Gasteiger charge is 2.10. The van der Waals surface area contributed by atoms with Crippen molar-refractivity contribution in [2.75, 3.05) is 12.4 Å². The standard InChI is InChI=1S/C17H19NO2/c1-3-13-8-4-5-9-14(13)12-18-16-11-7-6-10-15(16)17(19)20-2/h4-11,18H,3,12H2,1-2H3. The number of ether oxygens (including phenoxy) is 1. The van der Waals surface area contributed by atoms with Gasteiger partial charge < -0.3 is 10.1 Å². The Morgan fingerprint density at radius 2 is 1.70 bits per heavy atom. The molecule has 2 rings (SSSR count). The molecule has 0 fully saturated rings. The van der Waals surface area contributed by atoms with Crippen molar-refractivity contribution in [2.24, 2.45) is 0 Å². The predicted molar refractivity (Wildman–Crippen MR) is 80.9 cm³/mol. The topological polar surface area (TPSA) is 38.3 Å². The fraction of sp³-hybridized carbons (Fsp3) is 0.235. The molecule has 3 heteroatoms. The number of esters is 1. The minimum Gasteiger partial charge on any atom is -0.465 e. The van der Waals surface area contributed by atoms with Gasteiger partial charge in [0.2, 0.25) is 0 Å². The van der Waals surface area contributed by atoms with Gasteiger partial charge in [0.1, 0.15) is 0 Å². The average Bonchev–Trinajstić information content (AvgIpc) is 2.52. The quantitative estimate of drug-likeness (QED) is 0.842. The first-order valence-electron chi connectivity index (χ1n) is 6.74. The number of nitrogens with one attached hydrogen (secondary N) is 1. The van der Waals surface area contributed by atoms with Gasteiger partial charge in [0, 0.05) is 12.2 Å². The van der Waals surface area contributed by atoms with Crippen LogP contribution in [-0.2, 0) is 17.7 Å². The lowest BCUT2D eigenvalue weighted by Crippen LogP contribution is -2.09. The van der Waals surface area contributed by atoms with Crippen molar-refractivity contribution >= 4 is 11.7 Å². The molecule has 0 bridgehead atoms. The lowest BCUT2D eigenvalue weighted by molar-refractivity contribution is 0.0602. The number of hydrogen-bond donors (Lipinski definition) is 1. The largest absolute Gasteiger partial charge is 0.465 e. The Morgan fingerprint density at radius 3 is 2.40 bits per heavy atom. The van der Waals surface area contributed by atoms with Gasteiger partial charge in [-0.1, -0.05) is 43.3 Å². The van der Waals surface area contributed by atoms with E-state index in [2.05, 4.69) is 24.4 Å². The zero-order chi connectivity index (χ0) is 14.4. The van der Waals surface area contributed by atoms with Crippen LogP contribution in [0.25, 0.3) is 0 Å². The molecular weight excluding hydrogens is 250 g/mol. The third kappa shape index (κ3) is 3.18. The number of carbonyl (C=O) groups is 1. The Kier molecular flexibility index (Phi) is 4.77. The minimum atomic E-state index is -0.322. The molecule has 2 aromatic rings. The molecule has 3 nitrogen and oxygen atoms in total. The molecule has 0 aliphatic rings. The third-order valence-corrected chi connectivity index (χ3v) is 3.30. The summed E-state index contributed by atoms with van der Waals surface area (Å²) in [6, 6.07) is 15.7. The van der Waals surface area contributed by atoms with Crippen molar-refractivity contribution in [3.8, 4) is 0 Å². The molecule has 0 saturated heterocycles. The van der Waals surface area contributed by atoms with Crippen molar-refractivity contribution in [2.45, 2.75) is 19.9 Å². The molecule has 0 radical (unpaired) electrons. The summed E-state index contributed by atoms with van der Waals surface area (Å²) in [4.78, 5) is 11.7. The first-order chi connectivity index (χ1) is 9.76. The monoisotopic (exact) mass is 269 g/mol. The lowest BCUT2D eigenvalue weighted by Gasteiger charge is -2.12. The first kappa shape index (κ1) is 14.1. The van der Waals surface area contributed by atoms with Crippen molar-refractivity contribution in [1.82, 2.24) is 0 Å². The number of hydrogen-bond acceptors (Lipinski definition) is 3. The number of para-hydroxylation sites is 1. The van der Waals surface area contributed by atoms with Gasteiger partial charge in [0.25, 0.3) is 0 Å². The van der Waals surface area contributed by atoms with Gasteiger partial charge in [-0.3, -0.25) is 0 Å². The normalized spacial score (nSPS) is 10.1. The van der Waals surface area contributed by atoms with Gasteiger partial charge in [-0.25, -0.2) is 4.79 Å². The molecule has 0 aromatic heterocycles. The van der Waals surface area contributed by atoms with Gasteiger partial charge in [0.15, 0.2) is 0 Å². The zero-order valence-electron chi connectivity index (χ0n) is 11.8. The van der Waals surface area contributed by atoms with E-state index in [1.54, 1.807) is 6.07 Å². The van der Waals surface area contributed by atoms with E-state index in [0.29, 0.717) is 12.1 Å². The van der Waals surface area contributed by atoms with Gasteiger partial charge in [-0.05, 0) is 29.7 Å². The molecule has 104 valence electrons. The van der Waals surface area contributed by atoms with E-state index in [1.807, 2.05) is 30.3 Å². The van der Waals surface area contributed by atoms with Crippen molar-refractivity contribution in [3.05, 3.63) is 65.2 Å². The average molecular weight is 269 g/mol. The van der Waals surface area contributed by atoms with E-state index in [1.165, 1.54) is 18.2 Å². The van der Waals surface area contributed by atoms with Gasteiger partial charge in [-0.15, -0.1) is 0 Å². The number of aryl methyl sites for hydroxylation is 1. The molecule has 1 N–H and O–H groups in total. The number of methoxy groups -OCH3 is 1. The Balaban J connectivity index is 2.17. The van der Waals surface area contributed by atoms with Gasteiger partial charge in [0.05, 0.1) is 12.7 Å². The maximum Gasteiger partial charge on any atom is 0.339 e. The van der Waals surface area contributed by atoms with Crippen LogP contribution in [0.2, 0.25) is 0 Å². The van der Waals surface area contributed by atoms with E-state index < -0.39 is 0 Å². The summed E-state index contributed by atoms with van der Waals surface area (Å²) in [5, 5.41) is 3.32. The number of rotatable bonds is 5. The summed E-state index contributed by atoms with van der Waals surface area (Å²) in [5.41, 5.74) is 3.92. The smallest absolute Gasteiger partial charge is 0.339 e. The number of anilines is 1. The Bertz CT molecular complexity index is 593. The van der Waals surface area contributed by atoms with Crippen LogP contribution in [0.5, 0.6) is 0 Å². The molecule has 0 amide bonds. The van der Waals surface area contributed by atoms with Crippen LogP contribution in [-0.4, -0.2) is 13.1 Å². The first-order valence-corrected chi connectivity index (χ1v) is 6.74. The second-order valence-electron chi connectivity index (χ2n) is 4.51.